The number of carbonyl (C=O) groups excluding carboxylic acids is 3. The van der Waals surface area contributed by atoms with Crippen molar-refractivity contribution in [1.82, 2.24) is 9.80 Å². The number of piperazine rings is 1. The number of ketones is 1. The van der Waals surface area contributed by atoms with Crippen LogP contribution >= 0.6 is 0 Å². The van der Waals surface area contributed by atoms with Crippen molar-refractivity contribution in [2.75, 3.05) is 26.2 Å². The zero-order valence-electron chi connectivity index (χ0n) is 16.6. The van der Waals surface area contributed by atoms with Gasteiger partial charge >= 0.3 is 0 Å². The molecule has 1 fully saturated rings. The predicted molar refractivity (Wildman–Crippen MR) is 111 cm³/mol. The fourth-order valence-electron chi connectivity index (χ4n) is 4.19. The molecule has 0 atom stereocenters. The number of hydrogen-bond acceptors (Lipinski definition) is 3. The number of benzene rings is 2. The van der Waals surface area contributed by atoms with Gasteiger partial charge in [-0.25, -0.2) is 0 Å². The third-order valence-electron chi connectivity index (χ3n) is 5.93. The van der Waals surface area contributed by atoms with Crippen LogP contribution in [0.15, 0.2) is 48.5 Å². The van der Waals surface area contributed by atoms with E-state index in [1.54, 1.807) is 9.80 Å². The number of aryl methyl sites for hydroxylation is 2. The lowest BCUT2D eigenvalue weighted by Gasteiger charge is -2.34. The molecule has 2 aromatic rings. The predicted octanol–water partition coefficient (Wildman–Crippen LogP) is 3.12. The van der Waals surface area contributed by atoms with Crippen LogP contribution in [0.25, 0.3) is 0 Å². The van der Waals surface area contributed by atoms with Gasteiger partial charge in [-0.05, 0) is 48.6 Å². The largest absolute Gasteiger partial charge is 0.339 e. The summed E-state index contributed by atoms with van der Waals surface area (Å²) in [6.07, 6.45) is 3.76. The molecule has 0 saturated carbocycles. The first-order chi connectivity index (χ1) is 14.1. The number of nitrogens with zero attached hydrogens (tertiary/aromatic N) is 2. The summed E-state index contributed by atoms with van der Waals surface area (Å²) in [4.78, 5) is 41.1. The van der Waals surface area contributed by atoms with Gasteiger partial charge in [0.25, 0.3) is 5.91 Å². The molecule has 0 aromatic heterocycles. The molecular formula is C24H26N2O3. The molecule has 2 aromatic carbocycles. The van der Waals surface area contributed by atoms with Gasteiger partial charge in [0.2, 0.25) is 5.91 Å². The van der Waals surface area contributed by atoms with Crippen molar-refractivity contribution in [3.05, 3.63) is 70.8 Å². The number of rotatable bonds is 5. The summed E-state index contributed by atoms with van der Waals surface area (Å²) in [6.45, 7) is 2.09. The Hall–Kier alpha value is -2.95. The molecule has 150 valence electrons. The minimum Gasteiger partial charge on any atom is -0.339 e. The smallest absolute Gasteiger partial charge is 0.253 e. The highest BCUT2D eigenvalue weighted by Crippen LogP contribution is 2.23. The van der Waals surface area contributed by atoms with Gasteiger partial charge < -0.3 is 9.80 Å². The van der Waals surface area contributed by atoms with Crippen LogP contribution in [0.4, 0.5) is 0 Å². The van der Waals surface area contributed by atoms with Crippen molar-refractivity contribution in [3.8, 4) is 0 Å². The maximum absolute atomic E-state index is 12.5. The quantitative estimate of drug-likeness (QED) is 0.737. The van der Waals surface area contributed by atoms with Crippen LogP contribution < -0.4 is 0 Å². The highest BCUT2D eigenvalue weighted by atomic mass is 16.2. The van der Waals surface area contributed by atoms with Gasteiger partial charge in [0, 0.05) is 50.1 Å². The molecule has 4 rings (SSSR count). The second kappa shape index (κ2) is 8.60. The summed E-state index contributed by atoms with van der Waals surface area (Å²) in [5.74, 6) is 0.0294. The Bertz CT molecular complexity index is 915. The van der Waals surface area contributed by atoms with Crippen LogP contribution in [0.1, 0.15) is 51.1 Å². The molecule has 2 amide bonds. The third-order valence-corrected chi connectivity index (χ3v) is 5.93. The van der Waals surface area contributed by atoms with E-state index in [1.165, 1.54) is 11.1 Å². The Kier molecular flexibility index (Phi) is 5.74. The maximum Gasteiger partial charge on any atom is 0.253 e. The summed E-state index contributed by atoms with van der Waals surface area (Å²) >= 11 is 0. The SMILES string of the molecule is O=C(CCC(=O)N1CCN(C(=O)c2ccccc2)CC1)c1ccc2c(c1)CCC2. The molecule has 5 heteroatoms. The lowest BCUT2D eigenvalue weighted by Crippen LogP contribution is -2.50. The molecule has 0 bridgehead atoms. The second-order valence-electron chi connectivity index (χ2n) is 7.80. The van der Waals surface area contributed by atoms with Crippen LogP contribution in [-0.2, 0) is 17.6 Å². The van der Waals surface area contributed by atoms with Crippen molar-refractivity contribution in [2.24, 2.45) is 0 Å². The fourth-order valence-corrected chi connectivity index (χ4v) is 4.19. The van der Waals surface area contributed by atoms with Gasteiger partial charge in [0.15, 0.2) is 5.78 Å². The van der Waals surface area contributed by atoms with Crippen molar-refractivity contribution >= 4 is 17.6 Å². The van der Waals surface area contributed by atoms with Gasteiger partial charge in [-0.1, -0.05) is 30.3 Å². The lowest BCUT2D eigenvalue weighted by molar-refractivity contribution is -0.132. The van der Waals surface area contributed by atoms with Gasteiger partial charge in [0.05, 0.1) is 0 Å². The topological polar surface area (TPSA) is 57.7 Å². The Morgan fingerprint density at radius 3 is 2.17 bits per heavy atom. The molecule has 1 aliphatic heterocycles. The molecule has 2 aliphatic rings. The van der Waals surface area contributed by atoms with Crippen LogP contribution in [0.3, 0.4) is 0 Å². The number of Topliss-reactive ketones (excluding diaryl/α,β-unsaturated/α-hetero) is 1. The zero-order valence-corrected chi connectivity index (χ0v) is 16.6. The van der Waals surface area contributed by atoms with Crippen molar-refractivity contribution in [2.45, 2.75) is 32.1 Å². The Balaban J connectivity index is 1.26. The van der Waals surface area contributed by atoms with Crippen LogP contribution in [0, 0.1) is 0 Å². The lowest BCUT2D eigenvalue weighted by atomic mass is 10.0. The van der Waals surface area contributed by atoms with Gasteiger partial charge in [0.1, 0.15) is 0 Å². The van der Waals surface area contributed by atoms with Crippen molar-refractivity contribution in [3.63, 3.8) is 0 Å². The molecular weight excluding hydrogens is 364 g/mol. The fraction of sp³-hybridized carbons (Fsp3) is 0.375. The monoisotopic (exact) mass is 390 g/mol. The van der Waals surface area contributed by atoms with Gasteiger partial charge in [-0.3, -0.25) is 14.4 Å². The first kappa shape index (κ1) is 19.4. The summed E-state index contributed by atoms with van der Waals surface area (Å²) in [5, 5.41) is 0. The van der Waals surface area contributed by atoms with E-state index in [9.17, 15) is 14.4 Å². The van der Waals surface area contributed by atoms with E-state index in [0.717, 1.165) is 24.8 Å². The van der Waals surface area contributed by atoms with Crippen LogP contribution in [-0.4, -0.2) is 53.6 Å². The van der Waals surface area contributed by atoms with E-state index in [4.69, 9.17) is 0 Å². The van der Waals surface area contributed by atoms with Crippen molar-refractivity contribution in [1.29, 1.82) is 0 Å². The molecule has 1 heterocycles. The van der Waals surface area contributed by atoms with E-state index in [1.807, 2.05) is 42.5 Å². The van der Waals surface area contributed by atoms with Crippen LogP contribution in [0.5, 0.6) is 0 Å². The van der Waals surface area contributed by atoms with E-state index in [-0.39, 0.29) is 30.4 Å². The van der Waals surface area contributed by atoms with E-state index in [0.29, 0.717) is 31.7 Å². The van der Waals surface area contributed by atoms with Gasteiger partial charge in [-0.2, -0.15) is 0 Å². The minimum atomic E-state index is -0.00804. The van der Waals surface area contributed by atoms with E-state index < -0.39 is 0 Å². The minimum absolute atomic E-state index is 0.00415. The zero-order chi connectivity index (χ0) is 20.2. The normalized spacial score (nSPS) is 15.9. The highest BCUT2D eigenvalue weighted by molar-refractivity contribution is 5.98. The standard InChI is InChI=1S/C24H26N2O3/c27-22(21-10-9-18-7-4-8-20(18)17-21)11-12-23(28)25-13-15-26(16-14-25)24(29)19-5-2-1-3-6-19/h1-3,5-6,9-10,17H,4,7-8,11-16H2. The Morgan fingerprint density at radius 1 is 0.724 bits per heavy atom. The Labute approximate surface area is 171 Å². The maximum atomic E-state index is 12.5. The number of amides is 2. The number of fused-ring (bicyclic) bond motifs is 1. The Morgan fingerprint density at radius 2 is 1.41 bits per heavy atom. The van der Waals surface area contributed by atoms with Crippen LogP contribution in [0.2, 0.25) is 0 Å². The average molecular weight is 390 g/mol. The molecule has 1 saturated heterocycles. The van der Waals surface area contributed by atoms with Crippen molar-refractivity contribution < 1.29 is 14.4 Å². The third kappa shape index (κ3) is 4.39. The molecule has 29 heavy (non-hydrogen) atoms. The molecule has 0 unspecified atom stereocenters. The molecule has 0 N–H and O–H groups in total. The highest BCUT2D eigenvalue weighted by Gasteiger charge is 2.25. The number of hydrogen-bond donors (Lipinski definition) is 0. The first-order valence-electron chi connectivity index (χ1n) is 10.4. The summed E-state index contributed by atoms with van der Waals surface area (Å²) in [6, 6.07) is 15.2. The summed E-state index contributed by atoms with van der Waals surface area (Å²) in [7, 11) is 0. The molecule has 0 spiro atoms. The van der Waals surface area contributed by atoms with E-state index >= 15 is 0 Å². The summed E-state index contributed by atoms with van der Waals surface area (Å²) < 4.78 is 0. The summed E-state index contributed by atoms with van der Waals surface area (Å²) in [5.41, 5.74) is 4.02. The molecule has 1 aliphatic carbocycles. The second-order valence-corrected chi connectivity index (χ2v) is 7.80. The average Bonchev–Trinajstić information content (AvgIpc) is 3.25. The number of carbonyl (C=O) groups is 3. The molecule has 5 nitrogen and oxygen atoms in total. The van der Waals surface area contributed by atoms with Gasteiger partial charge in [-0.15, -0.1) is 0 Å². The van der Waals surface area contributed by atoms with E-state index in [2.05, 4.69) is 6.07 Å². The first-order valence-corrected chi connectivity index (χ1v) is 10.4. The molecule has 0 radical (unpaired) electrons.